The van der Waals surface area contributed by atoms with Crippen LogP contribution in [0.4, 0.5) is 4.39 Å². The molecule has 27 heavy (non-hydrogen) atoms. The maximum absolute atomic E-state index is 13.5. The maximum atomic E-state index is 13.5. The van der Waals surface area contributed by atoms with Crippen molar-refractivity contribution in [2.45, 2.75) is 32.2 Å². The lowest BCUT2D eigenvalue weighted by atomic mass is 10.1. The molecule has 2 N–H and O–H groups in total. The van der Waals surface area contributed by atoms with Gasteiger partial charge in [0.2, 0.25) is 5.88 Å². The molecule has 0 bridgehead atoms. The third-order valence-electron chi connectivity index (χ3n) is 3.88. The molecule has 0 spiro atoms. The number of halogens is 1. The summed E-state index contributed by atoms with van der Waals surface area (Å²) in [7, 11) is 1.72. The number of benzene rings is 1. The van der Waals surface area contributed by atoms with E-state index in [4.69, 9.17) is 4.74 Å². The zero-order valence-electron chi connectivity index (χ0n) is 16.1. The molecule has 0 radical (unpaired) electrons. The van der Waals surface area contributed by atoms with E-state index >= 15 is 0 Å². The van der Waals surface area contributed by atoms with Crippen molar-refractivity contribution < 1.29 is 9.13 Å². The van der Waals surface area contributed by atoms with Crippen LogP contribution in [0, 0.1) is 5.82 Å². The van der Waals surface area contributed by atoms with Crippen molar-refractivity contribution in [3.63, 3.8) is 0 Å². The first-order valence-electron chi connectivity index (χ1n) is 8.95. The zero-order chi connectivity index (χ0) is 19.5. The van der Waals surface area contributed by atoms with Crippen molar-refractivity contribution in [2.24, 2.45) is 4.99 Å². The average molecular weight is 391 g/mol. The molecule has 146 valence electrons. The summed E-state index contributed by atoms with van der Waals surface area (Å²) in [5.41, 5.74) is 3.02. The SMILES string of the molecule is CCCOc1ncccc1CNC(=NC)NCc1ccc(F)cc1CSC. The number of aliphatic imine (C=N–C) groups is 1. The van der Waals surface area contributed by atoms with Crippen LogP contribution in [0.5, 0.6) is 5.88 Å². The molecule has 0 aliphatic heterocycles. The van der Waals surface area contributed by atoms with Gasteiger partial charge in [-0.1, -0.05) is 19.1 Å². The van der Waals surface area contributed by atoms with Gasteiger partial charge in [0, 0.05) is 37.7 Å². The van der Waals surface area contributed by atoms with Gasteiger partial charge in [0.15, 0.2) is 5.96 Å². The Morgan fingerprint density at radius 2 is 1.96 bits per heavy atom. The Kier molecular flexibility index (Phi) is 8.91. The van der Waals surface area contributed by atoms with Crippen molar-refractivity contribution in [1.82, 2.24) is 15.6 Å². The summed E-state index contributed by atoms with van der Waals surface area (Å²) in [4.78, 5) is 8.55. The van der Waals surface area contributed by atoms with Crippen LogP contribution in [0.1, 0.15) is 30.0 Å². The van der Waals surface area contributed by atoms with Gasteiger partial charge in [0.25, 0.3) is 0 Å². The van der Waals surface area contributed by atoms with Gasteiger partial charge in [-0.05, 0) is 42.0 Å². The third-order valence-corrected chi connectivity index (χ3v) is 4.48. The normalized spacial score (nSPS) is 11.3. The molecular weight excluding hydrogens is 363 g/mol. The molecule has 0 atom stereocenters. The summed E-state index contributed by atoms with van der Waals surface area (Å²) in [6.45, 7) is 3.82. The fourth-order valence-electron chi connectivity index (χ4n) is 2.52. The van der Waals surface area contributed by atoms with Crippen molar-refractivity contribution in [2.75, 3.05) is 19.9 Å². The van der Waals surface area contributed by atoms with Crippen LogP contribution in [0.2, 0.25) is 0 Å². The number of guanidine groups is 1. The van der Waals surface area contributed by atoms with Gasteiger partial charge in [-0.3, -0.25) is 4.99 Å². The van der Waals surface area contributed by atoms with Gasteiger partial charge in [-0.15, -0.1) is 0 Å². The van der Waals surface area contributed by atoms with Crippen molar-refractivity contribution in [3.8, 4) is 5.88 Å². The molecule has 1 aromatic heterocycles. The molecule has 0 aliphatic carbocycles. The Bertz CT molecular complexity index is 755. The highest BCUT2D eigenvalue weighted by Gasteiger charge is 2.08. The van der Waals surface area contributed by atoms with Crippen LogP contribution in [0.25, 0.3) is 0 Å². The van der Waals surface area contributed by atoms with E-state index in [-0.39, 0.29) is 5.82 Å². The standard InChI is InChI=1S/C20H27FN4OS/c1-4-10-26-19-16(6-5-9-23-19)13-25-20(22-2)24-12-15-7-8-18(21)11-17(15)14-27-3/h5-9,11H,4,10,12-14H2,1-3H3,(H2,22,24,25). The Morgan fingerprint density at radius 1 is 1.19 bits per heavy atom. The number of hydrogen-bond acceptors (Lipinski definition) is 4. The lowest BCUT2D eigenvalue weighted by Crippen LogP contribution is -2.36. The fraction of sp³-hybridized carbons (Fsp3) is 0.400. The van der Waals surface area contributed by atoms with Gasteiger partial charge < -0.3 is 15.4 Å². The largest absolute Gasteiger partial charge is 0.477 e. The number of thioether (sulfide) groups is 1. The Morgan fingerprint density at radius 3 is 2.67 bits per heavy atom. The van der Waals surface area contributed by atoms with E-state index in [1.54, 1.807) is 31.1 Å². The highest BCUT2D eigenvalue weighted by atomic mass is 32.2. The number of aromatic nitrogens is 1. The van der Waals surface area contributed by atoms with Crippen LogP contribution >= 0.6 is 11.8 Å². The second-order valence-electron chi connectivity index (χ2n) is 5.94. The minimum Gasteiger partial charge on any atom is -0.477 e. The highest BCUT2D eigenvalue weighted by molar-refractivity contribution is 7.97. The van der Waals surface area contributed by atoms with E-state index in [1.807, 2.05) is 24.5 Å². The molecule has 7 heteroatoms. The monoisotopic (exact) mass is 390 g/mol. The smallest absolute Gasteiger partial charge is 0.218 e. The van der Waals surface area contributed by atoms with Crippen LogP contribution in [0.3, 0.4) is 0 Å². The second kappa shape index (κ2) is 11.4. The number of pyridine rings is 1. The van der Waals surface area contributed by atoms with Gasteiger partial charge in [-0.2, -0.15) is 11.8 Å². The summed E-state index contributed by atoms with van der Waals surface area (Å²) in [5, 5.41) is 6.56. The molecule has 2 aromatic rings. The van der Waals surface area contributed by atoms with Crippen molar-refractivity contribution in [3.05, 3.63) is 59.0 Å². The van der Waals surface area contributed by atoms with Crippen molar-refractivity contribution >= 4 is 17.7 Å². The van der Waals surface area contributed by atoms with E-state index in [0.29, 0.717) is 31.5 Å². The number of nitrogens with zero attached hydrogens (tertiary/aromatic N) is 2. The van der Waals surface area contributed by atoms with E-state index in [9.17, 15) is 4.39 Å². The number of rotatable bonds is 9. The summed E-state index contributed by atoms with van der Waals surface area (Å²) in [6, 6.07) is 8.77. The minimum atomic E-state index is -0.207. The van der Waals surface area contributed by atoms with E-state index < -0.39 is 0 Å². The summed E-state index contributed by atoms with van der Waals surface area (Å²) in [6.07, 6.45) is 4.67. The van der Waals surface area contributed by atoms with Crippen LogP contribution in [-0.2, 0) is 18.8 Å². The first-order chi connectivity index (χ1) is 13.2. The quantitative estimate of drug-likeness (QED) is 0.505. The second-order valence-corrected chi connectivity index (χ2v) is 6.81. The minimum absolute atomic E-state index is 0.207. The fourth-order valence-corrected chi connectivity index (χ4v) is 3.10. The first-order valence-corrected chi connectivity index (χ1v) is 10.3. The predicted molar refractivity (Wildman–Crippen MR) is 111 cm³/mol. The topological polar surface area (TPSA) is 58.5 Å². The molecule has 0 saturated carbocycles. The predicted octanol–water partition coefficient (Wildman–Crippen LogP) is 3.74. The Balaban J connectivity index is 1.96. The molecule has 0 unspecified atom stereocenters. The van der Waals surface area contributed by atoms with Gasteiger partial charge in [-0.25, -0.2) is 9.37 Å². The van der Waals surface area contributed by atoms with Crippen LogP contribution < -0.4 is 15.4 Å². The molecule has 0 fully saturated rings. The lowest BCUT2D eigenvalue weighted by Gasteiger charge is -2.15. The van der Waals surface area contributed by atoms with Gasteiger partial charge >= 0.3 is 0 Å². The molecule has 0 aliphatic rings. The molecule has 0 saturated heterocycles. The highest BCUT2D eigenvalue weighted by Crippen LogP contribution is 2.17. The average Bonchev–Trinajstić information content (AvgIpc) is 2.68. The maximum Gasteiger partial charge on any atom is 0.218 e. The Labute approximate surface area is 164 Å². The van der Waals surface area contributed by atoms with Crippen LogP contribution in [0.15, 0.2) is 41.5 Å². The summed E-state index contributed by atoms with van der Waals surface area (Å²) in [5.74, 6) is 1.87. The van der Waals surface area contributed by atoms with Gasteiger partial charge in [0.05, 0.1) is 6.61 Å². The lowest BCUT2D eigenvalue weighted by molar-refractivity contribution is 0.301. The number of ether oxygens (including phenoxy) is 1. The third kappa shape index (κ3) is 6.75. The van der Waals surface area contributed by atoms with Crippen molar-refractivity contribution in [1.29, 1.82) is 0 Å². The summed E-state index contributed by atoms with van der Waals surface area (Å²) < 4.78 is 19.2. The molecule has 5 nitrogen and oxygen atoms in total. The van der Waals surface area contributed by atoms with E-state index in [2.05, 4.69) is 27.5 Å². The molecule has 1 aromatic carbocycles. The first kappa shape index (κ1) is 21.0. The number of nitrogens with one attached hydrogen (secondary N) is 2. The summed E-state index contributed by atoms with van der Waals surface area (Å²) >= 11 is 1.67. The molecule has 0 amide bonds. The molecule has 1 heterocycles. The molecular formula is C20H27FN4OS. The molecule has 2 rings (SSSR count). The number of hydrogen-bond donors (Lipinski definition) is 2. The van der Waals surface area contributed by atoms with E-state index in [1.165, 1.54) is 6.07 Å². The zero-order valence-corrected chi connectivity index (χ0v) is 16.9. The van der Waals surface area contributed by atoms with E-state index in [0.717, 1.165) is 28.9 Å². The van der Waals surface area contributed by atoms with Crippen LogP contribution in [-0.4, -0.2) is 30.9 Å². The van der Waals surface area contributed by atoms with Gasteiger partial charge in [0.1, 0.15) is 5.82 Å². The Hall–Kier alpha value is -2.28.